The molecule has 0 N–H and O–H groups in total. The highest BCUT2D eigenvalue weighted by atomic mass is 35.5. The van der Waals surface area contributed by atoms with Crippen LogP contribution >= 0.6 is 23.4 Å². The van der Waals surface area contributed by atoms with E-state index in [4.69, 9.17) is 11.6 Å². The third kappa shape index (κ3) is 5.48. The van der Waals surface area contributed by atoms with Crippen molar-refractivity contribution >= 4 is 23.4 Å². The minimum absolute atomic E-state index is 0.0557. The van der Waals surface area contributed by atoms with Gasteiger partial charge in [-0.05, 0) is 24.0 Å². The lowest BCUT2D eigenvalue weighted by molar-refractivity contribution is -0.250. The van der Waals surface area contributed by atoms with E-state index in [0.717, 1.165) is 40.8 Å². The van der Waals surface area contributed by atoms with E-state index < -0.39 is 47.5 Å². The van der Waals surface area contributed by atoms with Gasteiger partial charge in [0.15, 0.2) is 17.5 Å². The number of halogens is 10. The molecule has 168 valence electrons. The average Bonchev–Trinajstić information content (AvgIpc) is 2.98. The summed E-state index contributed by atoms with van der Waals surface area (Å²) in [5.41, 5.74) is -0.886. The Bertz CT molecular complexity index is 883. The van der Waals surface area contributed by atoms with Crippen molar-refractivity contribution in [3.05, 3.63) is 35.1 Å². The Morgan fingerprint density at radius 1 is 1.13 bits per heavy atom. The maximum Gasteiger partial charge on any atom is 0.425 e. The molecule has 1 aromatic carbocycles. The molecule has 1 unspecified atom stereocenters. The predicted molar refractivity (Wildman–Crippen MR) is 91.4 cm³/mol. The third-order valence-electron chi connectivity index (χ3n) is 3.57. The molecule has 2 aromatic rings. The molecule has 1 aromatic heterocycles. The van der Waals surface area contributed by atoms with Crippen LogP contribution in [0.4, 0.5) is 39.5 Å². The number of ether oxygens (including phenoxy) is 1. The Morgan fingerprint density at radius 3 is 2.30 bits per heavy atom. The zero-order chi connectivity index (χ0) is 22.9. The van der Waals surface area contributed by atoms with Crippen molar-refractivity contribution < 1.29 is 44.3 Å². The molecular formula is C16H12ClF9N2OS. The van der Waals surface area contributed by atoms with Crippen molar-refractivity contribution in [3.8, 4) is 11.4 Å². The summed E-state index contributed by atoms with van der Waals surface area (Å²) in [5, 5.41) is 3.22. The standard InChI is InChI=1S/C16H12ClF9N2OS/c1-2-30-11-5-8(15(21,22)23)3-4-9(11)28-12(17)10(6-27-28)29-7-14(19,20)13(18)16(24,25)26/h3-6,13H,2,7H2,1H3. The highest BCUT2D eigenvalue weighted by Gasteiger charge is 2.57. The van der Waals surface area contributed by atoms with Crippen LogP contribution in [0.1, 0.15) is 12.5 Å². The van der Waals surface area contributed by atoms with E-state index in [1.54, 1.807) is 6.92 Å². The predicted octanol–water partition coefficient (Wildman–Crippen LogP) is 6.57. The number of aromatic nitrogens is 2. The molecule has 0 aliphatic carbocycles. The van der Waals surface area contributed by atoms with Gasteiger partial charge in [-0.25, -0.2) is 9.07 Å². The molecule has 1 heterocycles. The molecule has 0 aliphatic rings. The van der Waals surface area contributed by atoms with Gasteiger partial charge in [0.2, 0.25) is 0 Å². The maximum absolute atomic E-state index is 13.4. The van der Waals surface area contributed by atoms with E-state index in [1.807, 2.05) is 0 Å². The zero-order valence-corrected chi connectivity index (χ0v) is 16.4. The van der Waals surface area contributed by atoms with Crippen LogP contribution in [-0.4, -0.2) is 40.4 Å². The second kappa shape index (κ2) is 8.77. The highest BCUT2D eigenvalue weighted by molar-refractivity contribution is 7.99. The molecule has 1 atom stereocenters. The molecule has 0 radical (unpaired) electrons. The van der Waals surface area contributed by atoms with Crippen LogP contribution in [0.3, 0.4) is 0 Å². The normalized spacial score (nSPS) is 14.1. The lowest BCUT2D eigenvalue weighted by Gasteiger charge is -2.22. The van der Waals surface area contributed by atoms with Crippen LogP contribution < -0.4 is 4.74 Å². The monoisotopic (exact) mass is 486 g/mol. The summed E-state index contributed by atoms with van der Waals surface area (Å²) in [6.07, 6.45) is -14.1. The van der Waals surface area contributed by atoms with E-state index in [0.29, 0.717) is 5.75 Å². The molecule has 30 heavy (non-hydrogen) atoms. The van der Waals surface area contributed by atoms with E-state index in [9.17, 15) is 39.5 Å². The SMILES string of the molecule is CCSc1cc(C(F)(F)F)ccc1-n1ncc(OCC(F)(F)C(F)C(F)(F)F)c1Cl. The van der Waals surface area contributed by atoms with Gasteiger partial charge in [0.05, 0.1) is 17.4 Å². The van der Waals surface area contributed by atoms with Gasteiger partial charge in [-0.1, -0.05) is 18.5 Å². The summed E-state index contributed by atoms with van der Waals surface area (Å²) in [5.74, 6) is -5.13. The highest BCUT2D eigenvalue weighted by Crippen LogP contribution is 2.38. The number of rotatable bonds is 7. The smallest absolute Gasteiger partial charge is 0.425 e. The summed E-state index contributed by atoms with van der Waals surface area (Å²) in [6.45, 7) is -0.313. The second-order valence-corrected chi connectivity index (χ2v) is 7.44. The van der Waals surface area contributed by atoms with Gasteiger partial charge in [0, 0.05) is 4.90 Å². The molecule has 0 fully saturated rings. The molecule has 3 nitrogen and oxygen atoms in total. The van der Waals surface area contributed by atoms with Crippen molar-refractivity contribution in [3.63, 3.8) is 0 Å². The van der Waals surface area contributed by atoms with Gasteiger partial charge in [-0.3, -0.25) is 0 Å². The molecule has 0 saturated carbocycles. The quantitative estimate of drug-likeness (QED) is 0.327. The molecule has 14 heteroatoms. The minimum Gasteiger partial charge on any atom is -0.482 e. The zero-order valence-electron chi connectivity index (χ0n) is 14.8. The largest absolute Gasteiger partial charge is 0.482 e. The molecule has 0 aliphatic heterocycles. The summed E-state index contributed by atoms with van der Waals surface area (Å²) in [7, 11) is 0. The van der Waals surface area contributed by atoms with Crippen molar-refractivity contribution in [2.45, 2.75) is 36.3 Å². The average molecular weight is 487 g/mol. The molecular weight excluding hydrogens is 475 g/mol. The Balaban J connectivity index is 2.31. The van der Waals surface area contributed by atoms with Gasteiger partial charge in [-0.15, -0.1) is 11.8 Å². The Labute approximate surface area is 173 Å². The first-order chi connectivity index (χ1) is 13.7. The molecule has 0 bridgehead atoms. The van der Waals surface area contributed by atoms with Crippen molar-refractivity contribution in [2.75, 3.05) is 12.4 Å². The fraction of sp³-hybridized carbons (Fsp3) is 0.438. The van der Waals surface area contributed by atoms with Crippen molar-refractivity contribution in [1.29, 1.82) is 0 Å². The maximum atomic E-state index is 13.4. The van der Waals surface area contributed by atoms with Crippen LogP contribution in [0.5, 0.6) is 5.75 Å². The summed E-state index contributed by atoms with van der Waals surface area (Å²) in [4.78, 5) is 0.107. The Hall–Kier alpha value is -1.76. The minimum atomic E-state index is -5.80. The van der Waals surface area contributed by atoms with Gasteiger partial charge >= 0.3 is 18.3 Å². The first kappa shape index (κ1) is 24.5. The Morgan fingerprint density at radius 2 is 1.77 bits per heavy atom. The molecule has 2 rings (SSSR count). The van der Waals surface area contributed by atoms with Crippen LogP contribution in [0.15, 0.2) is 29.3 Å². The van der Waals surface area contributed by atoms with Gasteiger partial charge in [-0.2, -0.15) is 40.2 Å². The van der Waals surface area contributed by atoms with E-state index in [-0.39, 0.29) is 10.6 Å². The summed E-state index contributed by atoms with van der Waals surface area (Å²) >= 11 is 6.96. The van der Waals surface area contributed by atoms with Crippen molar-refractivity contribution in [1.82, 2.24) is 9.78 Å². The van der Waals surface area contributed by atoms with Gasteiger partial charge in [0.25, 0.3) is 6.17 Å². The third-order valence-corrected chi connectivity index (χ3v) is 4.85. The molecule has 0 saturated heterocycles. The Kier molecular flexibility index (Phi) is 7.17. The van der Waals surface area contributed by atoms with Crippen molar-refractivity contribution in [2.24, 2.45) is 0 Å². The van der Waals surface area contributed by atoms with E-state index >= 15 is 0 Å². The van der Waals surface area contributed by atoms with Crippen LogP contribution in [0.25, 0.3) is 5.69 Å². The lowest BCUT2D eigenvalue weighted by Crippen LogP contribution is -2.45. The fourth-order valence-corrected chi connectivity index (χ4v) is 3.27. The number of nitrogens with zero attached hydrogens (tertiary/aromatic N) is 2. The summed E-state index contributed by atoms with van der Waals surface area (Å²) in [6, 6.07) is 2.63. The number of benzene rings is 1. The van der Waals surface area contributed by atoms with E-state index in [2.05, 4.69) is 9.84 Å². The van der Waals surface area contributed by atoms with Crippen LogP contribution in [-0.2, 0) is 6.18 Å². The van der Waals surface area contributed by atoms with Crippen LogP contribution in [0.2, 0.25) is 5.15 Å². The molecule has 0 spiro atoms. The number of alkyl halides is 9. The number of thioether (sulfide) groups is 1. The number of hydrogen-bond acceptors (Lipinski definition) is 3. The van der Waals surface area contributed by atoms with Gasteiger partial charge < -0.3 is 4.74 Å². The van der Waals surface area contributed by atoms with Crippen LogP contribution in [0, 0.1) is 0 Å². The van der Waals surface area contributed by atoms with Gasteiger partial charge in [0.1, 0.15) is 0 Å². The second-order valence-electron chi connectivity index (χ2n) is 5.78. The summed E-state index contributed by atoms with van der Waals surface area (Å²) < 4.78 is 120. The lowest BCUT2D eigenvalue weighted by atomic mass is 10.2. The van der Waals surface area contributed by atoms with E-state index in [1.165, 1.54) is 0 Å². The first-order valence-electron chi connectivity index (χ1n) is 7.97. The molecule has 0 amide bonds. The fourth-order valence-electron chi connectivity index (χ4n) is 2.21. The first-order valence-corrected chi connectivity index (χ1v) is 9.34. The number of hydrogen-bond donors (Lipinski definition) is 0. The topological polar surface area (TPSA) is 27.1 Å².